The van der Waals surface area contributed by atoms with Crippen LogP contribution in [0.5, 0.6) is 0 Å². The van der Waals surface area contributed by atoms with Crippen LogP contribution in [0.25, 0.3) is 10.8 Å². The van der Waals surface area contributed by atoms with Crippen molar-refractivity contribution in [2.45, 2.75) is 25.3 Å². The molecule has 1 atom stereocenters. The zero-order chi connectivity index (χ0) is 14.8. The summed E-state index contributed by atoms with van der Waals surface area (Å²) in [5.74, 6) is -0.914. The Morgan fingerprint density at radius 2 is 2.05 bits per heavy atom. The molecule has 5 nitrogen and oxygen atoms in total. The normalized spacial score (nSPS) is 15.6. The number of hydrogen-bond donors (Lipinski definition) is 2. The number of aliphatic carboxylic acids is 1. The van der Waals surface area contributed by atoms with Crippen molar-refractivity contribution in [1.29, 1.82) is 0 Å². The number of fused-ring (bicyclic) bond motifs is 1. The van der Waals surface area contributed by atoms with Crippen LogP contribution in [0.2, 0.25) is 0 Å². The molecule has 5 heteroatoms. The number of amides is 1. The summed E-state index contributed by atoms with van der Waals surface area (Å²) in [5, 5.41) is 13.5. The van der Waals surface area contributed by atoms with Crippen LogP contribution in [0.15, 0.2) is 36.5 Å². The van der Waals surface area contributed by atoms with E-state index in [1.54, 1.807) is 6.20 Å². The van der Waals surface area contributed by atoms with E-state index in [1.165, 1.54) is 0 Å². The van der Waals surface area contributed by atoms with Gasteiger partial charge in [0.05, 0.1) is 6.42 Å². The van der Waals surface area contributed by atoms with E-state index in [9.17, 15) is 9.59 Å². The molecule has 0 aliphatic heterocycles. The summed E-state index contributed by atoms with van der Waals surface area (Å²) in [6.07, 6.45) is 3.50. The van der Waals surface area contributed by atoms with Gasteiger partial charge < -0.3 is 10.4 Å². The van der Waals surface area contributed by atoms with Crippen molar-refractivity contribution in [2.75, 3.05) is 0 Å². The van der Waals surface area contributed by atoms with Crippen LogP contribution in [-0.4, -0.2) is 28.0 Å². The van der Waals surface area contributed by atoms with Gasteiger partial charge in [0.25, 0.3) is 5.91 Å². The Morgan fingerprint density at radius 1 is 1.29 bits per heavy atom. The van der Waals surface area contributed by atoms with E-state index in [2.05, 4.69) is 10.3 Å². The average molecular weight is 284 g/mol. The van der Waals surface area contributed by atoms with Crippen molar-refractivity contribution in [3.8, 4) is 0 Å². The van der Waals surface area contributed by atoms with E-state index in [4.69, 9.17) is 5.11 Å². The highest BCUT2D eigenvalue weighted by atomic mass is 16.4. The van der Waals surface area contributed by atoms with Crippen LogP contribution in [0.4, 0.5) is 0 Å². The lowest BCUT2D eigenvalue weighted by Gasteiger charge is -2.16. The van der Waals surface area contributed by atoms with Gasteiger partial charge in [0, 0.05) is 17.6 Å². The van der Waals surface area contributed by atoms with Gasteiger partial charge in [-0.2, -0.15) is 0 Å². The number of rotatable bonds is 5. The summed E-state index contributed by atoms with van der Waals surface area (Å²) in [4.78, 5) is 27.5. The van der Waals surface area contributed by atoms with Gasteiger partial charge in [-0.1, -0.05) is 24.3 Å². The van der Waals surface area contributed by atoms with Crippen molar-refractivity contribution in [3.63, 3.8) is 0 Å². The molecule has 1 fully saturated rings. The van der Waals surface area contributed by atoms with Crippen molar-refractivity contribution in [3.05, 3.63) is 42.2 Å². The topological polar surface area (TPSA) is 79.3 Å². The fraction of sp³-hybridized carbons (Fsp3) is 0.312. The van der Waals surface area contributed by atoms with Crippen LogP contribution in [-0.2, 0) is 4.79 Å². The van der Waals surface area contributed by atoms with Crippen LogP contribution in [0, 0.1) is 5.92 Å². The molecule has 1 aliphatic carbocycles. The molecule has 1 unspecified atom stereocenters. The maximum absolute atomic E-state index is 12.4. The third-order valence-corrected chi connectivity index (χ3v) is 3.79. The van der Waals surface area contributed by atoms with Gasteiger partial charge in [0.1, 0.15) is 5.69 Å². The summed E-state index contributed by atoms with van der Waals surface area (Å²) < 4.78 is 0. The molecule has 21 heavy (non-hydrogen) atoms. The number of aromatic nitrogens is 1. The quantitative estimate of drug-likeness (QED) is 0.882. The van der Waals surface area contributed by atoms with Crippen molar-refractivity contribution in [1.82, 2.24) is 10.3 Å². The van der Waals surface area contributed by atoms with E-state index in [0.29, 0.717) is 5.69 Å². The first-order valence-electron chi connectivity index (χ1n) is 7.01. The number of benzene rings is 1. The largest absolute Gasteiger partial charge is 0.481 e. The van der Waals surface area contributed by atoms with E-state index in [0.717, 1.165) is 23.6 Å². The Labute approximate surface area is 122 Å². The number of carbonyl (C=O) groups is 2. The Balaban J connectivity index is 1.84. The number of carboxylic acid groups (broad SMARTS) is 1. The number of carbonyl (C=O) groups excluding carboxylic acids is 1. The Bertz CT molecular complexity index is 689. The molecule has 2 aromatic rings. The third kappa shape index (κ3) is 3.02. The molecule has 0 spiro atoms. The first-order valence-corrected chi connectivity index (χ1v) is 7.01. The van der Waals surface area contributed by atoms with Crippen molar-refractivity contribution < 1.29 is 14.7 Å². The Morgan fingerprint density at radius 3 is 2.76 bits per heavy atom. The molecule has 0 radical (unpaired) electrons. The zero-order valence-electron chi connectivity index (χ0n) is 11.5. The predicted octanol–water partition coefficient (Wildman–Crippen LogP) is 2.22. The first kappa shape index (κ1) is 13.5. The number of nitrogens with one attached hydrogen (secondary N) is 1. The summed E-state index contributed by atoms with van der Waals surface area (Å²) in [6, 6.07) is 9.07. The maximum Gasteiger partial charge on any atom is 0.305 e. The number of carboxylic acids is 1. The molecule has 1 heterocycles. The molecule has 3 rings (SSSR count). The molecule has 108 valence electrons. The lowest BCUT2D eigenvalue weighted by molar-refractivity contribution is -0.137. The second-order valence-electron chi connectivity index (χ2n) is 5.40. The van der Waals surface area contributed by atoms with Gasteiger partial charge in [-0.15, -0.1) is 0 Å². The lowest BCUT2D eigenvalue weighted by Crippen LogP contribution is -2.38. The van der Waals surface area contributed by atoms with Gasteiger partial charge >= 0.3 is 5.97 Å². The Hall–Kier alpha value is -2.43. The first-order chi connectivity index (χ1) is 10.1. The van der Waals surface area contributed by atoms with Gasteiger partial charge in [-0.05, 0) is 30.2 Å². The predicted molar refractivity (Wildman–Crippen MR) is 78.0 cm³/mol. The van der Waals surface area contributed by atoms with Gasteiger partial charge in [0.2, 0.25) is 0 Å². The molecule has 0 saturated heterocycles. The molecule has 1 amide bonds. The highest BCUT2D eigenvalue weighted by molar-refractivity contribution is 6.05. The molecule has 1 saturated carbocycles. The van der Waals surface area contributed by atoms with Crippen LogP contribution < -0.4 is 5.32 Å². The second-order valence-corrected chi connectivity index (χ2v) is 5.40. The van der Waals surface area contributed by atoms with Gasteiger partial charge in [-0.3, -0.25) is 14.6 Å². The van der Waals surface area contributed by atoms with Crippen molar-refractivity contribution in [2.24, 2.45) is 5.92 Å². The summed E-state index contributed by atoms with van der Waals surface area (Å²) >= 11 is 0. The van der Waals surface area contributed by atoms with E-state index in [1.807, 2.05) is 30.3 Å². The van der Waals surface area contributed by atoms with Crippen LogP contribution >= 0.6 is 0 Å². The molecular formula is C16H16N2O3. The fourth-order valence-electron chi connectivity index (χ4n) is 2.56. The highest BCUT2D eigenvalue weighted by Crippen LogP contribution is 2.34. The average Bonchev–Trinajstić information content (AvgIpc) is 3.30. The smallest absolute Gasteiger partial charge is 0.305 e. The number of pyridine rings is 1. The Kier molecular flexibility index (Phi) is 3.56. The maximum atomic E-state index is 12.4. The zero-order valence-corrected chi connectivity index (χ0v) is 11.5. The fourth-order valence-corrected chi connectivity index (χ4v) is 2.56. The van der Waals surface area contributed by atoms with Crippen LogP contribution in [0.1, 0.15) is 29.8 Å². The van der Waals surface area contributed by atoms with Crippen molar-refractivity contribution >= 4 is 22.6 Å². The third-order valence-electron chi connectivity index (χ3n) is 3.79. The lowest BCUT2D eigenvalue weighted by atomic mass is 10.1. The van der Waals surface area contributed by atoms with E-state index < -0.39 is 5.97 Å². The molecule has 1 aromatic carbocycles. The molecular weight excluding hydrogens is 268 g/mol. The van der Waals surface area contributed by atoms with Crippen LogP contribution in [0.3, 0.4) is 0 Å². The van der Waals surface area contributed by atoms with E-state index in [-0.39, 0.29) is 24.3 Å². The second kappa shape index (κ2) is 5.52. The van der Waals surface area contributed by atoms with Gasteiger partial charge in [-0.25, -0.2) is 0 Å². The standard InChI is InChI=1S/C16H16N2O3/c19-14(20)9-13(11-5-6-11)18-16(21)15-12-4-2-1-3-10(12)7-8-17-15/h1-4,7-8,11,13H,5-6,9H2,(H,18,21)(H,19,20). The van der Waals surface area contributed by atoms with E-state index >= 15 is 0 Å². The number of hydrogen-bond acceptors (Lipinski definition) is 3. The highest BCUT2D eigenvalue weighted by Gasteiger charge is 2.34. The minimum atomic E-state index is -0.891. The molecule has 1 aromatic heterocycles. The number of nitrogens with zero attached hydrogens (tertiary/aromatic N) is 1. The van der Waals surface area contributed by atoms with Gasteiger partial charge in [0.15, 0.2) is 0 Å². The molecule has 0 bridgehead atoms. The molecule has 2 N–H and O–H groups in total. The minimum Gasteiger partial charge on any atom is -0.481 e. The molecule has 1 aliphatic rings. The summed E-state index contributed by atoms with van der Waals surface area (Å²) in [6.45, 7) is 0. The monoisotopic (exact) mass is 284 g/mol. The minimum absolute atomic E-state index is 0.0405. The SMILES string of the molecule is O=C(O)CC(NC(=O)c1nccc2ccccc12)C1CC1. The summed E-state index contributed by atoms with van der Waals surface area (Å²) in [7, 11) is 0. The summed E-state index contributed by atoms with van der Waals surface area (Å²) in [5.41, 5.74) is 0.351.